The number of likely N-dealkylation sites (tertiary alicyclic amines) is 1. The highest BCUT2D eigenvalue weighted by Crippen LogP contribution is 2.39. The van der Waals surface area contributed by atoms with Gasteiger partial charge in [0, 0.05) is 50.9 Å². The molecule has 2 atom stereocenters. The fraction of sp³-hybridized carbons (Fsp3) is 0.500. The lowest BCUT2D eigenvalue weighted by atomic mass is 10.1. The van der Waals surface area contributed by atoms with E-state index >= 15 is 0 Å². The second-order valence-corrected chi connectivity index (χ2v) is 8.19. The summed E-state index contributed by atoms with van der Waals surface area (Å²) in [6.45, 7) is 2.54. The summed E-state index contributed by atoms with van der Waals surface area (Å²) >= 11 is 0. The van der Waals surface area contributed by atoms with Crippen molar-refractivity contribution in [2.75, 3.05) is 24.5 Å². The van der Waals surface area contributed by atoms with Gasteiger partial charge in [-0.15, -0.1) is 0 Å². The summed E-state index contributed by atoms with van der Waals surface area (Å²) in [6.07, 6.45) is 11.0. The van der Waals surface area contributed by atoms with Gasteiger partial charge in [0.15, 0.2) is 0 Å². The number of carbonyl (C=O) groups is 1. The van der Waals surface area contributed by atoms with Gasteiger partial charge in [-0.2, -0.15) is 0 Å². The SMILES string of the molecule is O=C(c1ccc(N2CC3CCC2C3)nc1)N1CCC(Oc2cccnc2)CC1. The van der Waals surface area contributed by atoms with Crippen molar-refractivity contribution in [2.24, 2.45) is 5.92 Å². The van der Waals surface area contributed by atoms with E-state index < -0.39 is 0 Å². The quantitative estimate of drug-likeness (QED) is 0.818. The molecule has 0 aromatic carbocycles. The normalized spacial score (nSPS) is 24.6. The fourth-order valence-electron chi connectivity index (χ4n) is 4.86. The predicted molar refractivity (Wildman–Crippen MR) is 107 cm³/mol. The predicted octanol–water partition coefficient (Wildman–Crippen LogP) is 3.15. The largest absolute Gasteiger partial charge is 0.489 e. The number of fused-ring (bicyclic) bond motifs is 2. The Hall–Kier alpha value is -2.63. The number of nitrogens with zero attached hydrogens (tertiary/aromatic N) is 4. The van der Waals surface area contributed by atoms with E-state index in [0.717, 1.165) is 36.9 Å². The van der Waals surface area contributed by atoms with Crippen LogP contribution in [0, 0.1) is 5.92 Å². The first-order valence-electron chi connectivity index (χ1n) is 10.3. The summed E-state index contributed by atoms with van der Waals surface area (Å²) < 4.78 is 5.97. The number of hydrogen-bond donors (Lipinski definition) is 0. The molecule has 0 radical (unpaired) electrons. The molecule has 4 heterocycles. The minimum atomic E-state index is 0.0711. The fourth-order valence-corrected chi connectivity index (χ4v) is 4.86. The first-order valence-corrected chi connectivity index (χ1v) is 10.3. The maximum Gasteiger partial charge on any atom is 0.255 e. The van der Waals surface area contributed by atoms with E-state index in [1.807, 2.05) is 29.2 Å². The molecular formula is C22H26N4O2. The molecule has 6 heteroatoms. The van der Waals surface area contributed by atoms with E-state index in [1.54, 1.807) is 18.6 Å². The molecule has 0 spiro atoms. The van der Waals surface area contributed by atoms with Crippen LogP contribution in [0.25, 0.3) is 0 Å². The van der Waals surface area contributed by atoms with Crippen LogP contribution in [-0.2, 0) is 0 Å². The van der Waals surface area contributed by atoms with Gasteiger partial charge in [0.1, 0.15) is 17.7 Å². The lowest BCUT2D eigenvalue weighted by Crippen LogP contribution is -2.41. The molecule has 2 unspecified atom stereocenters. The number of carbonyl (C=O) groups excluding carboxylic acids is 1. The summed E-state index contributed by atoms with van der Waals surface area (Å²) in [6, 6.07) is 8.40. The highest BCUT2D eigenvalue weighted by molar-refractivity contribution is 5.94. The topological polar surface area (TPSA) is 58.6 Å². The Morgan fingerprint density at radius 3 is 2.61 bits per heavy atom. The third kappa shape index (κ3) is 3.43. The molecule has 1 aliphatic carbocycles. The number of anilines is 1. The second kappa shape index (κ2) is 7.41. The average Bonchev–Trinajstić information content (AvgIpc) is 3.39. The maximum absolute atomic E-state index is 12.8. The molecule has 2 aromatic heterocycles. The van der Waals surface area contributed by atoms with E-state index in [4.69, 9.17) is 4.74 Å². The van der Waals surface area contributed by atoms with Crippen LogP contribution in [0.5, 0.6) is 5.75 Å². The Labute approximate surface area is 165 Å². The van der Waals surface area contributed by atoms with Crippen LogP contribution in [0.15, 0.2) is 42.9 Å². The van der Waals surface area contributed by atoms with Crippen molar-refractivity contribution in [3.8, 4) is 5.75 Å². The zero-order valence-electron chi connectivity index (χ0n) is 16.0. The Bertz CT molecular complexity index is 818. The van der Waals surface area contributed by atoms with Crippen LogP contribution < -0.4 is 9.64 Å². The van der Waals surface area contributed by atoms with Crippen molar-refractivity contribution in [1.82, 2.24) is 14.9 Å². The Kier molecular flexibility index (Phi) is 4.63. The van der Waals surface area contributed by atoms with Gasteiger partial charge in [-0.05, 0) is 49.4 Å². The molecule has 1 saturated carbocycles. The van der Waals surface area contributed by atoms with Crippen LogP contribution in [0.1, 0.15) is 42.5 Å². The van der Waals surface area contributed by atoms with E-state index in [0.29, 0.717) is 24.7 Å². The molecule has 146 valence electrons. The number of pyridine rings is 2. The number of aromatic nitrogens is 2. The van der Waals surface area contributed by atoms with Gasteiger partial charge in [-0.3, -0.25) is 9.78 Å². The summed E-state index contributed by atoms with van der Waals surface area (Å²) in [7, 11) is 0. The lowest BCUT2D eigenvalue weighted by molar-refractivity contribution is 0.0594. The Morgan fingerprint density at radius 2 is 1.96 bits per heavy atom. The molecule has 1 amide bonds. The lowest BCUT2D eigenvalue weighted by Gasteiger charge is -2.32. The smallest absolute Gasteiger partial charge is 0.255 e. The van der Waals surface area contributed by atoms with E-state index in [1.165, 1.54) is 19.3 Å². The molecule has 6 nitrogen and oxygen atoms in total. The molecule has 3 aliphatic rings. The van der Waals surface area contributed by atoms with Crippen LogP contribution in [-0.4, -0.2) is 52.6 Å². The summed E-state index contributed by atoms with van der Waals surface area (Å²) in [5.74, 6) is 2.72. The van der Waals surface area contributed by atoms with E-state index in [9.17, 15) is 4.79 Å². The van der Waals surface area contributed by atoms with Gasteiger partial charge in [-0.25, -0.2) is 4.98 Å². The molecule has 2 bridgehead atoms. The molecule has 2 aromatic rings. The minimum Gasteiger partial charge on any atom is -0.489 e. The van der Waals surface area contributed by atoms with E-state index in [2.05, 4.69) is 14.9 Å². The van der Waals surface area contributed by atoms with Crippen molar-refractivity contribution >= 4 is 11.7 Å². The Morgan fingerprint density at radius 1 is 1.07 bits per heavy atom. The number of hydrogen-bond acceptors (Lipinski definition) is 5. The monoisotopic (exact) mass is 378 g/mol. The first kappa shape index (κ1) is 17.5. The Balaban J connectivity index is 1.17. The summed E-state index contributed by atoms with van der Waals surface area (Å²) in [5.41, 5.74) is 0.680. The van der Waals surface area contributed by atoms with Gasteiger partial charge in [0.25, 0.3) is 5.91 Å². The second-order valence-electron chi connectivity index (χ2n) is 8.19. The molecular weight excluding hydrogens is 352 g/mol. The highest BCUT2D eigenvalue weighted by Gasteiger charge is 2.38. The average molecular weight is 378 g/mol. The van der Waals surface area contributed by atoms with E-state index in [-0.39, 0.29) is 12.0 Å². The zero-order chi connectivity index (χ0) is 18.9. The van der Waals surface area contributed by atoms with Gasteiger partial charge in [0.05, 0.1) is 11.8 Å². The van der Waals surface area contributed by atoms with Crippen LogP contribution in [0.4, 0.5) is 5.82 Å². The highest BCUT2D eigenvalue weighted by atomic mass is 16.5. The van der Waals surface area contributed by atoms with Crippen molar-refractivity contribution in [2.45, 2.75) is 44.2 Å². The van der Waals surface area contributed by atoms with Crippen molar-refractivity contribution < 1.29 is 9.53 Å². The third-order valence-electron chi connectivity index (χ3n) is 6.36. The van der Waals surface area contributed by atoms with Crippen molar-refractivity contribution in [3.63, 3.8) is 0 Å². The molecule has 2 aliphatic heterocycles. The van der Waals surface area contributed by atoms with Crippen molar-refractivity contribution in [1.29, 1.82) is 0 Å². The minimum absolute atomic E-state index is 0.0711. The molecule has 5 rings (SSSR count). The molecule has 0 N–H and O–H groups in total. The summed E-state index contributed by atoms with van der Waals surface area (Å²) in [5, 5.41) is 0. The number of ether oxygens (including phenoxy) is 1. The maximum atomic E-state index is 12.8. The zero-order valence-corrected chi connectivity index (χ0v) is 16.0. The third-order valence-corrected chi connectivity index (χ3v) is 6.36. The molecule has 3 fully saturated rings. The van der Waals surface area contributed by atoms with Gasteiger partial charge in [-0.1, -0.05) is 0 Å². The van der Waals surface area contributed by atoms with Gasteiger partial charge >= 0.3 is 0 Å². The first-order chi connectivity index (χ1) is 13.8. The van der Waals surface area contributed by atoms with Crippen LogP contribution >= 0.6 is 0 Å². The van der Waals surface area contributed by atoms with Crippen LogP contribution in [0.3, 0.4) is 0 Å². The van der Waals surface area contributed by atoms with Gasteiger partial charge < -0.3 is 14.5 Å². The summed E-state index contributed by atoms with van der Waals surface area (Å²) in [4.78, 5) is 25.9. The van der Waals surface area contributed by atoms with Gasteiger partial charge in [0.2, 0.25) is 0 Å². The number of piperidine rings is 2. The number of rotatable bonds is 4. The van der Waals surface area contributed by atoms with Crippen LogP contribution in [0.2, 0.25) is 0 Å². The van der Waals surface area contributed by atoms with Crippen molar-refractivity contribution in [3.05, 3.63) is 48.4 Å². The standard InChI is InChI=1S/C22H26N4O2/c27-22(25-10-7-19(8-11-25)28-20-2-1-9-23-14-20)17-4-6-21(24-13-17)26-15-16-3-5-18(26)12-16/h1-2,4,6,9,13-14,16,18-19H,3,5,7-8,10-12,15H2. The molecule has 2 saturated heterocycles. The number of amides is 1. The molecule has 28 heavy (non-hydrogen) atoms.